The van der Waals surface area contributed by atoms with Gasteiger partial charge in [0.1, 0.15) is 15.7 Å². The van der Waals surface area contributed by atoms with Crippen LogP contribution in [0.2, 0.25) is 0 Å². The zero-order chi connectivity index (χ0) is 18.5. The molecule has 0 amide bonds. The van der Waals surface area contributed by atoms with E-state index in [0.717, 1.165) is 18.1 Å². The monoisotopic (exact) mass is 393 g/mol. The van der Waals surface area contributed by atoms with E-state index in [-0.39, 0.29) is 18.1 Å². The largest absolute Gasteiger partial charge is 0.353 e. The fourth-order valence-corrected chi connectivity index (χ4v) is 6.77. The summed E-state index contributed by atoms with van der Waals surface area (Å²) in [6, 6.07) is 3.19. The van der Waals surface area contributed by atoms with E-state index in [4.69, 9.17) is 0 Å². The molecular formula is C17H23N5O2S2. The van der Waals surface area contributed by atoms with E-state index >= 15 is 0 Å². The Bertz CT molecular complexity index is 884. The van der Waals surface area contributed by atoms with Gasteiger partial charge < -0.3 is 4.90 Å². The van der Waals surface area contributed by atoms with Crippen molar-refractivity contribution in [2.75, 3.05) is 25.0 Å². The third kappa shape index (κ3) is 2.83. The highest BCUT2D eigenvalue weighted by Crippen LogP contribution is 2.37. The summed E-state index contributed by atoms with van der Waals surface area (Å²) < 4.78 is 28.5. The Morgan fingerprint density at radius 3 is 2.69 bits per heavy atom. The number of fused-ring (bicyclic) bond motifs is 2. The predicted octanol–water partition coefficient (Wildman–Crippen LogP) is 1.64. The van der Waals surface area contributed by atoms with Crippen LogP contribution in [0.3, 0.4) is 0 Å². The predicted molar refractivity (Wildman–Crippen MR) is 102 cm³/mol. The van der Waals surface area contributed by atoms with Gasteiger partial charge in [0.25, 0.3) is 0 Å². The van der Waals surface area contributed by atoms with Gasteiger partial charge in [0, 0.05) is 44.0 Å². The molecule has 0 aliphatic carbocycles. The van der Waals surface area contributed by atoms with Crippen molar-refractivity contribution < 1.29 is 8.42 Å². The molecule has 2 atom stereocenters. The number of anilines is 1. The van der Waals surface area contributed by atoms with E-state index < -0.39 is 10.0 Å². The highest BCUT2D eigenvalue weighted by Gasteiger charge is 2.49. The van der Waals surface area contributed by atoms with Crippen LogP contribution in [0.15, 0.2) is 34.8 Å². The fourth-order valence-electron chi connectivity index (χ4n) is 4.09. The lowest BCUT2D eigenvalue weighted by molar-refractivity contribution is 0.249. The Kier molecular flexibility index (Phi) is 4.50. The minimum Gasteiger partial charge on any atom is -0.353 e. The van der Waals surface area contributed by atoms with Crippen LogP contribution in [0.5, 0.6) is 0 Å². The van der Waals surface area contributed by atoms with E-state index in [0.29, 0.717) is 17.3 Å². The average Bonchev–Trinajstić information content (AvgIpc) is 3.23. The molecule has 0 spiro atoms. The second-order valence-corrected chi connectivity index (χ2v) is 9.91. The molecular weight excluding hydrogens is 370 g/mol. The van der Waals surface area contributed by atoms with Gasteiger partial charge in [0.2, 0.25) is 10.0 Å². The van der Waals surface area contributed by atoms with E-state index in [1.807, 2.05) is 37.4 Å². The molecule has 9 heteroatoms. The minimum absolute atomic E-state index is 0.0586. The van der Waals surface area contributed by atoms with Crippen molar-refractivity contribution in [3.63, 3.8) is 0 Å². The van der Waals surface area contributed by atoms with Crippen LogP contribution in [-0.2, 0) is 16.6 Å². The molecule has 26 heavy (non-hydrogen) atoms. The van der Waals surface area contributed by atoms with Gasteiger partial charge in [-0.05, 0) is 26.0 Å². The number of aromatic nitrogens is 2. The number of nitrogens with zero attached hydrogens (tertiary/aromatic N) is 5. The van der Waals surface area contributed by atoms with Crippen LogP contribution >= 0.6 is 11.3 Å². The number of rotatable bonds is 3. The normalized spacial score (nSPS) is 25.9. The molecule has 0 aromatic carbocycles. The van der Waals surface area contributed by atoms with Crippen LogP contribution < -0.4 is 4.90 Å². The summed E-state index contributed by atoms with van der Waals surface area (Å²) in [6.45, 7) is 6.12. The van der Waals surface area contributed by atoms with Crippen molar-refractivity contribution in [2.24, 2.45) is 0 Å². The molecule has 2 aliphatic heterocycles. The first-order chi connectivity index (χ1) is 12.4. The number of likely N-dealkylation sites (N-methyl/N-ethyl adjacent to an activating group) is 1. The van der Waals surface area contributed by atoms with Crippen molar-refractivity contribution in [3.05, 3.63) is 34.9 Å². The molecule has 1 saturated heterocycles. The Morgan fingerprint density at radius 2 is 2.00 bits per heavy atom. The highest BCUT2D eigenvalue weighted by molar-refractivity contribution is 7.89. The van der Waals surface area contributed by atoms with E-state index in [1.54, 1.807) is 34.0 Å². The van der Waals surface area contributed by atoms with Crippen LogP contribution in [0.4, 0.5) is 5.82 Å². The van der Waals surface area contributed by atoms with Gasteiger partial charge in [-0.1, -0.05) is 0 Å². The second kappa shape index (κ2) is 6.56. The van der Waals surface area contributed by atoms with Gasteiger partial charge >= 0.3 is 0 Å². The third-order valence-electron chi connectivity index (χ3n) is 5.15. The summed E-state index contributed by atoms with van der Waals surface area (Å²) in [5.41, 5.74) is 0. The first-order valence-corrected chi connectivity index (χ1v) is 11.0. The van der Waals surface area contributed by atoms with Gasteiger partial charge in [-0.3, -0.25) is 4.90 Å². The lowest BCUT2D eigenvalue weighted by atomic mass is 10.1. The van der Waals surface area contributed by atoms with Crippen molar-refractivity contribution >= 4 is 27.2 Å². The smallest absolute Gasteiger partial charge is 0.247 e. The van der Waals surface area contributed by atoms with Gasteiger partial charge in [0.15, 0.2) is 0 Å². The number of sulfonamides is 1. The maximum Gasteiger partial charge on any atom is 0.247 e. The van der Waals surface area contributed by atoms with E-state index in [1.165, 1.54) is 0 Å². The molecule has 0 radical (unpaired) electrons. The van der Waals surface area contributed by atoms with Crippen molar-refractivity contribution in [1.82, 2.24) is 19.2 Å². The Labute approximate surface area is 158 Å². The molecule has 0 bridgehead atoms. The molecule has 7 nitrogen and oxygen atoms in total. The third-order valence-corrected chi connectivity index (χ3v) is 8.04. The highest BCUT2D eigenvalue weighted by atomic mass is 32.2. The molecule has 140 valence electrons. The van der Waals surface area contributed by atoms with Crippen LogP contribution in [0.25, 0.3) is 0 Å². The van der Waals surface area contributed by atoms with Crippen molar-refractivity contribution in [2.45, 2.75) is 43.4 Å². The molecule has 0 saturated carbocycles. The summed E-state index contributed by atoms with van der Waals surface area (Å²) in [7, 11) is -1.65. The quantitative estimate of drug-likeness (QED) is 0.790. The van der Waals surface area contributed by atoms with Crippen LogP contribution in [-0.4, -0.2) is 65.9 Å². The zero-order valence-electron chi connectivity index (χ0n) is 15.1. The molecule has 0 unspecified atom stereocenters. The molecule has 2 aromatic rings. The summed E-state index contributed by atoms with van der Waals surface area (Å²) >= 11 is 1.63. The number of hydrogen-bond donors (Lipinski definition) is 0. The number of likely N-dealkylation sites (tertiary alicyclic amines) is 1. The molecule has 4 heterocycles. The summed E-state index contributed by atoms with van der Waals surface area (Å²) in [6.07, 6.45) is 3.47. The first kappa shape index (κ1) is 17.8. The number of hydrogen-bond acceptors (Lipinski definition) is 7. The first-order valence-electron chi connectivity index (χ1n) is 8.71. The van der Waals surface area contributed by atoms with Gasteiger partial charge in [0.05, 0.1) is 18.6 Å². The Balaban J connectivity index is 1.75. The van der Waals surface area contributed by atoms with Gasteiger partial charge in [-0.2, -0.15) is 4.31 Å². The lowest BCUT2D eigenvalue weighted by Gasteiger charge is -2.34. The van der Waals surface area contributed by atoms with E-state index in [2.05, 4.69) is 14.9 Å². The topological polar surface area (TPSA) is 69.6 Å². The molecule has 2 aromatic heterocycles. The summed E-state index contributed by atoms with van der Waals surface area (Å²) in [5.74, 6) is 0.543. The molecule has 4 rings (SSSR count). The molecule has 2 aliphatic rings. The number of thiazole rings is 1. The van der Waals surface area contributed by atoms with E-state index in [9.17, 15) is 8.42 Å². The van der Waals surface area contributed by atoms with Crippen molar-refractivity contribution in [3.8, 4) is 0 Å². The minimum atomic E-state index is -3.60. The zero-order valence-corrected chi connectivity index (χ0v) is 16.7. The molecule has 0 N–H and O–H groups in total. The van der Waals surface area contributed by atoms with Gasteiger partial charge in [-0.15, -0.1) is 11.3 Å². The summed E-state index contributed by atoms with van der Waals surface area (Å²) in [5, 5.41) is 3.03. The second-order valence-electron chi connectivity index (χ2n) is 7.12. The Morgan fingerprint density at radius 1 is 1.23 bits per heavy atom. The van der Waals surface area contributed by atoms with Crippen LogP contribution in [0.1, 0.15) is 18.9 Å². The van der Waals surface area contributed by atoms with Gasteiger partial charge in [-0.25, -0.2) is 18.4 Å². The number of pyridine rings is 1. The van der Waals surface area contributed by atoms with Crippen molar-refractivity contribution in [1.29, 1.82) is 0 Å². The SMILES string of the molecule is CC(C)N1[C@H]2CN(Cc3nccs3)C[C@@H]2N(C)c2ncccc2S1(=O)=O. The molecule has 1 fully saturated rings. The fraction of sp³-hybridized carbons (Fsp3) is 0.529. The standard InChI is InChI=1S/C17H23N5O2S2/c1-12(2)22-14-10-21(11-16-18-7-8-25-16)9-13(14)20(3)17-15(26(22,23)24)5-4-6-19-17/h4-8,12-14H,9-11H2,1-3H3/t13-,14-/m0/s1. The maximum atomic E-state index is 13.4. The maximum absolute atomic E-state index is 13.4. The summed E-state index contributed by atoms with van der Waals surface area (Å²) in [4.78, 5) is 13.4. The Hall–Kier alpha value is -1.55. The van der Waals surface area contributed by atoms with Crippen LogP contribution in [0, 0.1) is 0 Å². The average molecular weight is 394 g/mol. The lowest BCUT2D eigenvalue weighted by Crippen LogP contribution is -2.52.